The molecule has 0 aliphatic carbocycles. The first kappa shape index (κ1) is 6.80. The number of urea groups is 1. The first-order chi connectivity index (χ1) is 4.55. The first-order valence-corrected chi connectivity index (χ1v) is 2.80. The van der Waals surface area contributed by atoms with Gasteiger partial charge in [-0.05, 0) is 0 Å². The topological polar surface area (TPSA) is 40.6 Å². The Bertz CT molecular complexity index is 200. The van der Waals surface area contributed by atoms with Gasteiger partial charge in [0.25, 0.3) is 5.91 Å². The molecule has 4 heteroatoms. The summed E-state index contributed by atoms with van der Waals surface area (Å²) < 4.78 is 0. The van der Waals surface area contributed by atoms with Gasteiger partial charge in [0.2, 0.25) is 0 Å². The summed E-state index contributed by atoms with van der Waals surface area (Å²) in [5, 5.41) is 0. The minimum absolute atomic E-state index is 0.229. The molecule has 0 bridgehead atoms. The van der Waals surface area contributed by atoms with Crippen LogP contribution in [0.3, 0.4) is 0 Å². The van der Waals surface area contributed by atoms with E-state index in [4.69, 9.17) is 0 Å². The van der Waals surface area contributed by atoms with Gasteiger partial charge in [-0.1, -0.05) is 6.58 Å². The molecule has 1 fully saturated rings. The molecule has 3 amide bonds. The number of rotatable bonds is 0. The van der Waals surface area contributed by atoms with Gasteiger partial charge in [-0.15, -0.1) is 0 Å². The first-order valence-electron chi connectivity index (χ1n) is 2.80. The van der Waals surface area contributed by atoms with E-state index in [1.54, 1.807) is 0 Å². The summed E-state index contributed by atoms with van der Waals surface area (Å²) in [6, 6.07) is -0.324. The summed E-state index contributed by atoms with van der Waals surface area (Å²) in [4.78, 5) is 24.0. The zero-order valence-electron chi connectivity index (χ0n) is 5.92. The Kier molecular flexibility index (Phi) is 1.24. The molecule has 0 aromatic rings. The van der Waals surface area contributed by atoms with E-state index in [1.165, 1.54) is 19.0 Å². The van der Waals surface area contributed by atoms with Gasteiger partial charge in [0.15, 0.2) is 0 Å². The van der Waals surface area contributed by atoms with E-state index in [0.717, 1.165) is 4.90 Å². The van der Waals surface area contributed by atoms with E-state index in [9.17, 15) is 9.59 Å². The lowest BCUT2D eigenvalue weighted by atomic mass is 10.5. The predicted octanol–water partition coefficient (Wildman–Crippen LogP) is 0.0239. The molecule has 0 spiro atoms. The fourth-order valence-corrected chi connectivity index (χ4v) is 0.764. The lowest BCUT2D eigenvalue weighted by molar-refractivity contribution is -0.122. The number of nitrogens with zero attached hydrogens (tertiary/aromatic N) is 2. The number of carbonyl (C=O) groups is 2. The smallest absolute Gasteiger partial charge is 0.292 e. The predicted molar refractivity (Wildman–Crippen MR) is 35.1 cm³/mol. The third-order valence-electron chi connectivity index (χ3n) is 1.53. The van der Waals surface area contributed by atoms with Crippen molar-refractivity contribution in [1.29, 1.82) is 0 Å². The highest BCUT2D eigenvalue weighted by Gasteiger charge is 2.34. The number of hydrogen-bond donors (Lipinski definition) is 0. The van der Waals surface area contributed by atoms with Crippen LogP contribution in [0.25, 0.3) is 0 Å². The second-order valence-corrected chi connectivity index (χ2v) is 2.15. The molecular formula is C6H8N2O2. The molecule has 10 heavy (non-hydrogen) atoms. The van der Waals surface area contributed by atoms with Crippen molar-refractivity contribution in [2.45, 2.75) is 0 Å². The monoisotopic (exact) mass is 140 g/mol. The molecule has 1 aliphatic rings. The van der Waals surface area contributed by atoms with Crippen molar-refractivity contribution in [2.75, 3.05) is 14.1 Å². The maximum atomic E-state index is 10.9. The fourth-order valence-electron chi connectivity index (χ4n) is 0.764. The highest BCUT2D eigenvalue weighted by Crippen LogP contribution is 2.14. The number of imide groups is 1. The van der Waals surface area contributed by atoms with Crippen molar-refractivity contribution in [3.63, 3.8) is 0 Å². The van der Waals surface area contributed by atoms with E-state index < -0.39 is 0 Å². The van der Waals surface area contributed by atoms with Crippen molar-refractivity contribution >= 4 is 11.9 Å². The number of amides is 3. The molecule has 0 aromatic carbocycles. The summed E-state index contributed by atoms with van der Waals surface area (Å²) in [5.74, 6) is -0.326. The summed E-state index contributed by atoms with van der Waals surface area (Å²) >= 11 is 0. The minimum Gasteiger partial charge on any atom is -0.292 e. The molecule has 54 valence electrons. The quantitative estimate of drug-likeness (QED) is 0.351. The van der Waals surface area contributed by atoms with Gasteiger partial charge in [0, 0.05) is 14.1 Å². The van der Waals surface area contributed by atoms with Crippen molar-refractivity contribution in [1.82, 2.24) is 9.80 Å². The maximum absolute atomic E-state index is 10.9. The van der Waals surface area contributed by atoms with Gasteiger partial charge < -0.3 is 0 Å². The lowest BCUT2D eigenvalue weighted by Gasteiger charge is -2.05. The molecule has 4 nitrogen and oxygen atoms in total. The molecule has 0 N–H and O–H groups in total. The van der Waals surface area contributed by atoms with Crippen LogP contribution in [0.4, 0.5) is 4.79 Å². The van der Waals surface area contributed by atoms with Crippen LogP contribution in [-0.2, 0) is 4.79 Å². The van der Waals surface area contributed by atoms with Gasteiger partial charge >= 0.3 is 6.03 Å². The van der Waals surface area contributed by atoms with E-state index in [0.29, 0.717) is 0 Å². The van der Waals surface area contributed by atoms with Crippen LogP contribution in [0.2, 0.25) is 0 Å². The standard InChI is InChI=1S/C6H8N2O2/c1-4-5(9)8(3)6(10)7(4)2/h1H2,2-3H3. The van der Waals surface area contributed by atoms with E-state index >= 15 is 0 Å². The summed E-state index contributed by atoms with van der Waals surface area (Å²) in [5.41, 5.74) is 0.229. The molecule has 0 atom stereocenters. The van der Waals surface area contributed by atoms with Crippen molar-refractivity contribution in [3.8, 4) is 0 Å². The second kappa shape index (κ2) is 1.83. The molecule has 1 heterocycles. The van der Waals surface area contributed by atoms with Crippen LogP contribution in [0.15, 0.2) is 12.3 Å². The van der Waals surface area contributed by atoms with Crippen molar-refractivity contribution in [2.24, 2.45) is 0 Å². The third kappa shape index (κ3) is 0.618. The number of likely N-dealkylation sites (N-methyl/N-ethyl adjacent to an activating group) is 2. The van der Waals surface area contributed by atoms with Crippen LogP contribution in [-0.4, -0.2) is 35.8 Å². The number of carbonyl (C=O) groups excluding carboxylic acids is 2. The summed E-state index contributed by atoms with van der Waals surface area (Å²) in [6.07, 6.45) is 0. The molecule has 1 rings (SSSR count). The van der Waals surface area contributed by atoms with Crippen LogP contribution < -0.4 is 0 Å². The average molecular weight is 140 g/mol. The van der Waals surface area contributed by atoms with Gasteiger partial charge in [0.05, 0.1) is 0 Å². The maximum Gasteiger partial charge on any atom is 0.331 e. The highest BCUT2D eigenvalue weighted by molar-refractivity contribution is 6.10. The Balaban J connectivity index is 3.00. The largest absolute Gasteiger partial charge is 0.331 e. The van der Waals surface area contributed by atoms with Gasteiger partial charge in [0.1, 0.15) is 5.70 Å². The Morgan fingerprint density at radius 3 is 1.80 bits per heavy atom. The van der Waals surface area contributed by atoms with Crippen LogP contribution in [0.5, 0.6) is 0 Å². The molecule has 0 radical (unpaired) electrons. The molecule has 1 aliphatic heterocycles. The van der Waals surface area contributed by atoms with Gasteiger partial charge in [-0.2, -0.15) is 0 Å². The lowest BCUT2D eigenvalue weighted by Crippen LogP contribution is -2.27. The van der Waals surface area contributed by atoms with Crippen LogP contribution in [0.1, 0.15) is 0 Å². The van der Waals surface area contributed by atoms with Gasteiger partial charge in [-0.25, -0.2) is 4.79 Å². The fraction of sp³-hybridized carbons (Fsp3) is 0.333. The second-order valence-electron chi connectivity index (χ2n) is 2.15. The molecule has 0 unspecified atom stereocenters. The Hall–Kier alpha value is -1.32. The Morgan fingerprint density at radius 2 is 1.70 bits per heavy atom. The summed E-state index contributed by atoms with van der Waals surface area (Å²) in [7, 11) is 2.95. The van der Waals surface area contributed by atoms with Crippen molar-refractivity contribution < 1.29 is 9.59 Å². The normalized spacial score (nSPS) is 19.2. The average Bonchev–Trinajstić information content (AvgIpc) is 2.07. The minimum atomic E-state index is -0.326. The summed E-state index contributed by atoms with van der Waals surface area (Å²) in [6.45, 7) is 3.43. The van der Waals surface area contributed by atoms with Gasteiger partial charge in [-0.3, -0.25) is 14.6 Å². The van der Waals surface area contributed by atoms with Crippen molar-refractivity contribution in [3.05, 3.63) is 12.3 Å². The highest BCUT2D eigenvalue weighted by atomic mass is 16.2. The van der Waals surface area contributed by atoms with E-state index in [-0.39, 0.29) is 17.6 Å². The van der Waals surface area contributed by atoms with Crippen LogP contribution in [0, 0.1) is 0 Å². The molecule has 0 saturated carbocycles. The molecular weight excluding hydrogens is 132 g/mol. The Labute approximate surface area is 58.7 Å². The molecule has 0 aromatic heterocycles. The molecule has 1 saturated heterocycles. The number of hydrogen-bond acceptors (Lipinski definition) is 2. The van der Waals surface area contributed by atoms with E-state index in [2.05, 4.69) is 6.58 Å². The SMILES string of the molecule is C=C1C(=O)N(C)C(=O)N1C. The zero-order valence-corrected chi connectivity index (χ0v) is 5.92. The third-order valence-corrected chi connectivity index (χ3v) is 1.53. The zero-order chi connectivity index (χ0) is 7.89. The Morgan fingerprint density at radius 1 is 1.20 bits per heavy atom. The van der Waals surface area contributed by atoms with E-state index in [1.807, 2.05) is 0 Å². The van der Waals surface area contributed by atoms with Crippen LogP contribution >= 0.6 is 0 Å².